The summed E-state index contributed by atoms with van der Waals surface area (Å²) in [5.74, 6) is -0.253. The predicted molar refractivity (Wildman–Crippen MR) is 74.7 cm³/mol. The largest absolute Gasteiger partial charge is 0.480 e. The van der Waals surface area contributed by atoms with Gasteiger partial charge in [0.2, 0.25) is 0 Å². The molecule has 8 heteroatoms. The standard InChI is InChI=1S/C12H14BrN5O2/c1-17-11(14-15-16-17)7-18(8-12(19)20)6-9-3-2-4-10(13)5-9/h2-5H,6-8H2,1H3,(H,19,20). The van der Waals surface area contributed by atoms with E-state index in [0.717, 1.165) is 10.0 Å². The summed E-state index contributed by atoms with van der Waals surface area (Å²) in [4.78, 5) is 12.7. The van der Waals surface area contributed by atoms with Crippen LogP contribution in [0.1, 0.15) is 11.4 Å². The summed E-state index contributed by atoms with van der Waals surface area (Å²) in [5.41, 5.74) is 1.02. The van der Waals surface area contributed by atoms with E-state index in [1.807, 2.05) is 24.3 Å². The zero-order valence-corrected chi connectivity index (χ0v) is 12.5. The van der Waals surface area contributed by atoms with E-state index in [2.05, 4.69) is 31.5 Å². The van der Waals surface area contributed by atoms with Crippen molar-refractivity contribution in [1.29, 1.82) is 0 Å². The van der Waals surface area contributed by atoms with Gasteiger partial charge >= 0.3 is 5.97 Å². The molecule has 0 aliphatic heterocycles. The lowest BCUT2D eigenvalue weighted by atomic mass is 10.2. The molecule has 0 saturated carbocycles. The second kappa shape index (κ2) is 6.58. The molecule has 106 valence electrons. The number of nitrogens with zero attached hydrogens (tertiary/aromatic N) is 5. The Morgan fingerprint density at radius 1 is 1.45 bits per heavy atom. The van der Waals surface area contributed by atoms with Gasteiger partial charge in [-0.05, 0) is 28.1 Å². The monoisotopic (exact) mass is 339 g/mol. The molecule has 0 radical (unpaired) electrons. The van der Waals surface area contributed by atoms with Crippen LogP contribution in [-0.2, 0) is 24.9 Å². The Morgan fingerprint density at radius 2 is 2.25 bits per heavy atom. The molecule has 20 heavy (non-hydrogen) atoms. The maximum Gasteiger partial charge on any atom is 0.317 e. The van der Waals surface area contributed by atoms with Gasteiger partial charge in [-0.1, -0.05) is 28.1 Å². The fourth-order valence-electron chi connectivity index (χ4n) is 1.83. The lowest BCUT2D eigenvalue weighted by Crippen LogP contribution is -2.30. The molecule has 0 saturated heterocycles. The summed E-state index contributed by atoms with van der Waals surface area (Å²) in [6.45, 7) is 0.820. The molecule has 0 aliphatic rings. The van der Waals surface area contributed by atoms with Crippen LogP contribution in [0.4, 0.5) is 0 Å². The Kier molecular flexibility index (Phi) is 4.80. The first kappa shape index (κ1) is 14.6. The lowest BCUT2D eigenvalue weighted by Gasteiger charge is -2.19. The molecule has 1 aromatic heterocycles. The number of carboxylic acid groups (broad SMARTS) is 1. The summed E-state index contributed by atoms with van der Waals surface area (Å²) in [6.07, 6.45) is 0. The van der Waals surface area contributed by atoms with E-state index in [1.165, 1.54) is 4.68 Å². The number of benzene rings is 1. The van der Waals surface area contributed by atoms with Crippen LogP contribution >= 0.6 is 15.9 Å². The highest BCUT2D eigenvalue weighted by Crippen LogP contribution is 2.14. The first-order chi connectivity index (χ1) is 9.54. The van der Waals surface area contributed by atoms with Gasteiger partial charge in [0, 0.05) is 18.1 Å². The SMILES string of the molecule is Cn1nnnc1CN(CC(=O)O)Cc1cccc(Br)c1. The molecule has 2 aromatic rings. The molecule has 1 N–H and O–H groups in total. The minimum Gasteiger partial charge on any atom is -0.480 e. The van der Waals surface area contributed by atoms with Gasteiger partial charge in [0.25, 0.3) is 0 Å². The molecule has 0 spiro atoms. The van der Waals surface area contributed by atoms with Crippen molar-refractivity contribution in [2.45, 2.75) is 13.1 Å². The first-order valence-electron chi connectivity index (χ1n) is 5.94. The summed E-state index contributed by atoms with van der Waals surface area (Å²) in [7, 11) is 1.73. The number of rotatable bonds is 6. The molecule has 0 bridgehead atoms. The van der Waals surface area contributed by atoms with Crippen LogP contribution in [0.2, 0.25) is 0 Å². The van der Waals surface area contributed by atoms with Gasteiger partial charge in [-0.3, -0.25) is 9.69 Å². The fraction of sp³-hybridized carbons (Fsp3) is 0.333. The minimum absolute atomic E-state index is 0.0701. The van der Waals surface area contributed by atoms with E-state index in [0.29, 0.717) is 18.9 Å². The third-order valence-electron chi connectivity index (χ3n) is 2.73. The fourth-order valence-corrected chi connectivity index (χ4v) is 2.28. The minimum atomic E-state index is -0.880. The zero-order chi connectivity index (χ0) is 14.5. The number of tetrazole rings is 1. The Morgan fingerprint density at radius 3 is 2.85 bits per heavy atom. The van der Waals surface area contributed by atoms with Crippen molar-refractivity contribution in [3.8, 4) is 0 Å². The molecule has 0 atom stereocenters. The number of carbonyl (C=O) groups is 1. The summed E-state index contributed by atoms with van der Waals surface area (Å²) in [6, 6.07) is 7.76. The van der Waals surface area contributed by atoms with Crippen molar-refractivity contribution in [1.82, 2.24) is 25.1 Å². The van der Waals surface area contributed by atoms with Crippen LogP contribution in [0.5, 0.6) is 0 Å². The first-order valence-corrected chi connectivity index (χ1v) is 6.73. The third kappa shape index (κ3) is 4.10. The van der Waals surface area contributed by atoms with Gasteiger partial charge < -0.3 is 5.11 Å². The van der Waals surface area contributed by atoms with Crippen LogP contribution in [0.25, 0.3) is 0 Å². The van der Waals surface area contributed by atoms with Crippen molar-refractivity contribution < 1.29 is 9.90 Å². The average molecular weight is 340 g/mol. The number of hydrogen-bond acceptors (Lipinski definition) is 5. The highest BCUT2D eigenvalue weighted by Gasteiger charge is 2.14. The average Bonchev–Trinajstić information content (AvgIpc) is 2.74. The zero-order valence-electron chi connectivity index (χ0n) is 10.9. The van der Waals surface area contributed by atoms with Crippen molar-refractivity contribution in [2.24, 2.45) is 7.05 Å². The molecule has 0 fully saturated rings. The summed E-state index contributed by atoms with van der Waals surface area (Å²) in [5, 5.41) is 20.2. The van der Waals surface area contributed by atoms with Crippen molar-refractivity contribution >= 4 is 21.9 Å². The van der Waals surface area contributed by atoms with Gasteiger partial charge in [-0.2, -0.15) is 0 Å². The number of carboxylic acids is 1. The van der Waals surface area contributed by atoms with Gasteiger partial charge in [0.15, 0.2) is 5.82 Å². The second-order valence-corrected chi connectivity index (χ2v) is 5.30. The van der Waals surface area contributed by atoms with E-state index in [-0.39, 0.29) is 6.54 Å². The van der Waals surface area contributed by atoms with E-state index < -0.39 is 5.97 Å². The number of aliphatic carboxylic acids is 1. The molecule has 1 aromatic carbocycles. The maximum atomic E-state index is 11.0. The molecule has 7 nitrogen and oxygen atoms in total. The van der Waals surface area contributed by atoms with Gasteiger partial charge in [0.05, 0.1) is 13.1 Å². The van der Waals surface area contributed by atoms with E-state index in [1.54, 1.807) is 11.9 Å². The normalized spacial score (nSPS) is 10.9. The third-order valence-corrected chi connectivity index (χ3v) is 3.22. The van der Waals surface area contributed by atoms with Gasteiger partial charge in [-0.15, -0.1) is 5.10 Å². The van der Waals surface area contributed by atoms with Crippen molar-refractivity contribution in [3.05, 3.63) is 40.1 Å². The Balaban J connectivity index is 2.11. The predicted octanol–water partition coefficient (Wildman–Crippen LogP) is 1.06. The van der Waals surface area contributed by atoms with Gasteiger partial charge in [-0.25, -0.2) is 4.68 Å². The van der Waals surface area contributed by atoms with Crippen LogP contribution in [0.3, 0.4) is 0 Å². The van der Waals surface area contributed by atoms with E-state index in [4.69, 9.17) is 5.11 Å². The summed E-state index contributed by atoms with van der Waals surface area (Å²) >= 11 is 3.40. The van der Waals surface area contributed by atoms with Crippen LogP contribution in [0, 0.1) is 0 Å². The lowest BCUT2D eigenvalue weighted by molar-refractivity contribution is -0.138. The molecular formula is C12H14BrN5O2. The number of aryl methyl sites for hydroxylation is 1. The maximum absolute atomic E-state index is 11.0. The second-order valence-electron chi connectivity index (χ2n) is 4.39. The number of aromatic nitrogens is 4. The molecule has 2 rings (SSSR count). The van der Waals surface area contributed by atoms with E-state index in [9.17, 15) is 4.79 Å². The Bertz CT molecular complexity index is 601. The van der Waals surface area contributed by atoms with E-state index >= 15 is 0 Å². The molecule has 0 aliphatic carbocycles. The highest BCUT2D eigenvalue weighted by molar-refractivity contribution is 9.10. The van der Waals surface area contributed by atoms with Crippen LogP contribution in [-0.4, -0.2) is 42.7 Å². The summed E-state index contributed by atoms with van der Waals surface area (Å²) < 4.78 is 2.50. The highest BCUT2D eigenvalue weighted by atomic mass is 79.9. The van der Waals surface area contributed by atoms with Crippen molar-refractivity contribution in [3.63, 3.8) is 0 Å². The van der Waals surface area contributed by atoms with Crippen LogP contribution in [0.15, 0.2) is 28.7 Å². The molecule has 0 amide bonds. The van der Waals surface area contributed by atoms with Crippen LogP contribution < -0.4 is 0 Å². The Labute approximate surface area is 124 Å². The smallest absolute Gasteiger partial charge is 0.317 e. The van der Waals surface area contributed by atoms with Crippen molar-refractivity contribution in [2.75, 3.05) is 6.54 Å². The molecule has 1 heterocycles. The number of halogens is 1. The topological polar surface area (TPSA) is 84.1 Å². The molecular weight excluding hydrogens is 326 g/mol. The Hall–Kier alpha value is -1.80. The van der Waals surface area contributed by atoms with Gasteiger partial charge in [0.1, 0.15) is 0 Å². The number of hydrogen-bond donors (Lipinski definition) is 1. The molecule has 0 unspecified atom stereocenters. The quantitative estimate of drug-likeness (QED) is 0.847.